The fourth-order valence-electron chi connectivity index (χ4n) is 2.11. The summed E-state index contributed by atoms with van der Waals surface area (Å²) >= 11 is 0. The number of rotatable bonds is 6. The van der Waals surface area contributed by atoms with Gasteiger partial charge in [-0.05, 0) is 42.7 Å². The number of nitrogens with one attached hydrogen (secondary N) is 2. The first-order chi connectivity index (χ1) is 11.0. The van der Waals surface area contributed by atoms with Crippen molar-refractivity contribution in [2.75, 3.05) is 11.9 Å². The number of carbonyl (C=O) groups is 1. The van der Waals surface area contributed by atoms with Crippen molar-refractivity contribution < 1.29 is 14.3 Å². The van der Waals surface area contributed by atoms with E-state index in [1.165, 1.54) is 6.07 Å². The van der Waals surface area contributed by atoms with E-state index in [1.807, 2.05) is 42.9 Å². The highest BCUT2D eigenvalue weighted by molar-refractivity contribution is 5.89. The summed E-state index contributed by atoms with van der Waals surface area (Å²) in [6.07, 6.45) is 3.66. The Bertz CT molecular complexity index is 641. The van der Waals surface area contributed by atoms with Crippen LogP contribution < -0.4 is 10.6 Å². The first-order valence-electron chi connectivity index (χ1n) is 7.63. The molecule has 1 atom stereocenters. The Hall–Kier alpha value is -2.34. The summed E-state index contributed by atoms with van der Waals surface area (Å²) < 4.78 is 15.7. The van der Waals surface area contributed by atoms with Crippen molar-refractivity contribution in [1.29, 1.82) is 0 Å². The molecule has 2 amide bonds. The van der Waals surface area contributed by atoms with Crippen molar-refractivity contribution in [2.24, 2.45) is 5.92 Å². The standard InChI is InChI=1S/C17H22FN3O2/c1-12(2)16(22)7-8-19-17(23)20-15-11-13(5-6-14(15)18)21-9-3-4-10-21/h3-6,9-12,16,22H,7-8H2,1-2H3,(H2,19,20,23). The van der Waals surface area contributed by atoms with Crippen LogP contribution in [0.2, 0.25) is 0 Å². The molecular formula is C17H22FN3O2. The van der Waals surface area contributed by atoms with E-state index in [4.69, 9.17) is 0 Å². The van der Waals surface area contributed by atoms with Crippen molar-refractivity contribution in [3.63, 3.8) is 0 Å². The number of hydrogen-bond acceptors (Lipinski definition) is 2. The van der Waals surface area contributed by atoms with Gasteiger partial charge in [-0.25, -0.2) is 9.18 Å². The molecule has 2 aromatic rings. The Morgan fingerprint density at radius 3 is 2.65 bits per heavy atom. The summed E-state index contributed by atoms with van der Waals surface area (Å²) in [6, 6.07) is 7.75. The van der Waals surface area contributed by atoms with Gasteiger partial charge in [-0.2, -0.15) is 0 Å². The summed E-state index contributed by atoms with van der Waals surface area (Å²) in [4.78, 5) is 11.8. The molecule has 3 N–H and O–H groups in total. The van der Waals surface area contributed by atoms with Crippen molar-refractivity contribution in [2.45, 2.75) is 26.4 Å². The molecule has 0 saturated heterocycles. The molecule has 0 fully saturated rings. The molecule has 0 saturated carbocycles. The molecule has 6 heteroatoms. The summed E-state index contributed by atoms with van der Waals surface area (Å²) in [5.41, 5.74) is 0.861. The molecule has 0 bridgehead atoms. The Morgan fingerprint density at radius 2 is 2.00 bits per heavy atom. The minimum Gasteiger partial charge on any atom is -0.393 e. The van der Waals surface area contributed by atoms with E-state index in [-0.39, 0.29) is 11.6 Å². The van der Waals surface area contributed by atoms with Gasteiger partial charge in [0.1, 0.15) is 5.82 Å². The van der Waals surface area contributed by atoms with E-state index < -0.39 is 18.0 Å². The molecule has 23 heavy (non-hydrogen) atoms. The molecule has 1 aromatic carbocycles. The molecule has 1 unspecified atom stereocenters. The van der Waals surface area contributed by atoms with Crippen LogP contribution >= 0.6 is 0 Å². The monoisotopic (exact) mass is 319 g/mol. The number of carbonyl (C=O) groups excluding carboxylic acids is 1. The third-order valence-electron chi connectivity index (χ3n) is 3.60. The van der Waals surface area contributed by atoms with E-state index >= 15 is 0 Å². The number of benzene rings is 1. The van der Waals surface area contributed by atoms with E-state index in [1.54, 1.807) is 12.1 Å². The van der Waals surface area contributed by atoms with Crippen LogP contribution in [0.5, 0.6) is 0 Å². The second-order valence-electron chi connectivity index (χ2n) is 5.74. The minimum atomic E-state index is -0.502. The Morgan fingerprint density at radius 1 is 1.30 bits per heavy atom. The lowest BCUT2D eigenvalue weighted by molar-refractivity contribution is 0.117. The van der Waals surface area contributed by atoms with Crippen LogP contribution in [-0.4, -0.2) is 28.4 Å². The maximum Gasteiger partial charge on any atom is 0.319 e. The molecule has 0 radical (unpaired) electrons. The number of amides is 2. The van der Waals surface area contributed by atoms with Crippen LogP contribution in [0.25, 0.3) is 5.69 Å². The van der Waals surface area contributed by atoms with Gasteiger partial charge >= 0.3 is 6.03 Å². The highest BCUT2D eigenvalue weighted by atomic mass is 19.1. The lowest BCUT2D eigenvalue weighted by Crippen LogP contribution is -2.32. The SMILES string of the molecule is CC(C)C(O)CCNC(=O)Nc1cc(-n2cccc2)ccc1F. The number of anilines is 1. The average Bonchev–Trinajstić information content (AvgIpc) is 3.03. The van der Waals surface area contributed by atoms with Gasteiger partial charge in [0.2, 0.25) is 0 Å². The lowest BCUT2D eigenvalue weighted by atomic mass is 10.0. The van der Waals surface area contributed by atoms with E-state index in [0.717, 1.165) is 5.69 Å². The van der Waals surface area contributed by atoms with Gasteiger partial charge in [0.15, 0.2) is 0 Å². The van der Waals surface area contributed by atoms with Gasteiger partial charge in [-0.15, -0.1) is 0 Å². The predicted octanol–water partition coefficient (Wildman–Crippen LogP) is 3.14. The third-order valence-corrected chi connectivity index (χ3v) is 3.60. The Kier molecular flexibility index (Phi) is 5.76. The summed E-state index contributed by atoms with van der Waals surface area (Å²) in [5, 5.41) is 14.8. The fourth-order valence-corrected chi connectivity index (χ4v) is 2.11. The number of hydrogen-bond donors (Lipinski definition) is 3. The number of aromatic nitrogens is 1. The minimum absolute atomic E-state index is 0.109. The average molecular weight is 319 g/mol. The number of halogens is 1. The molecule has 124 valence electrons. The Labute approximate surface area is 135 Å². The summed E-state index contributed by atoms with van der Waals surface area (Å²) in [6.45, 7) is 4.14. The second-order valence-corrected chi connectivity index (χ2v) is 5.74. The van der Waals surface area contributed by atoms with Crippen LogP contribution in [0.3, 0.4) is 0 Å². The predicted molar refractivity (Wildman–Crippen MR) is 88.2 cm³/mol. The quantitative estimate of drug-likeness (QED) is 0.766. The smallest absolute Gasteiger partial charge is 0.319 e. The Balaban J connectivity index is 1.94. The summed E-state index contributed by atoms with van der Waals surface area (Å²) in [7, 11) is 0. The molecule has 2 rings (SSSR count). The van der Waals surface area contributed by atoms with Crippen LogP contribution in [0.4, 0.5) is 14.9 Å². The second kappa shape index (κ2) is 7.78. The zero-order valence-corrected chi connectivity index (χ0v) is 13.3. The van der Waals surface area contributed by atoms with Crippen LogP contribution in [0, 0.1) is 11.7 Å². The number of nitrogens with zero attached hydrogens (tertiary/aromatic N) is 1. The van der Waals surface area contributed by atoms with Crippen molar-refractivity contribution in [3.05, 3.63) is 48.5 Å². The number of urea groups is 1. The molecule has 0 aliphatic heterocycles. The molecular weight excluding hydrogens is 297 g/mol. The topological polar surface area (TPSA) is 66.3 Å². The zero-order chi connectivity index (χ0) is 16.8. The normalized spacial score (nSPS) is 12.2. The number of aliphatic hydroxyl groups excluding tert-OH is 1. The van der Waals surface area contributed by atoms with Crippen molar-refractivity contribution >= 4 is 11.7 Å². The fraction of sp³-hybridized carbons (Fsp3) is 0.353. The first kappa shape index (κ1) is 17.0. The molecule has 1 aromatic heterocycles. The van der Waals surface area contributed by atoms with Gasteiger partial charge in [-0.3, -0.25) is 0 Å². The molecule has 0 aliphatic carbocycles. The van der Waals surface area contributed by atoms with Gasteiger partial charge < -0.3 is 20.3 Å². The molecule has 1 heterocycles. The highest BCUT2D eigenvalue weighted by Crippen LogP contribution is 2.19. The molecule has 5 nitrogen and oxygen atoms in total. The van der Waals surface area contributed by atoms with Crippen LogP contribution in [0.15, 0.2) is 42.7 Å². The van der Waals surface area contributed by atoms with E-state index in [2.05, 4.69) is 10.6 Å². The van der Waals surface area contributed by atoms with Gasteiger partial charge in [0.05, 0.1) is 11.8 Å². The number of aliphatic hydroxyl groups is 1. The lowest BCUT2D eigenvalue weighted by Gasteiger charge is -2.15. The van der Waals surface area contributed by atoms with Gasteiger partial charge in [-0.1, -0.05) is 13.8 Å². The van der Waals surface area contributed by atoms with Gasteiger partial charge in [0.25, 0.3) is 0 Å². The molecule has 0 aliphatic rings. The maximum atomic E-state index is 13.8. The first-order valence-corrected chi connectivity index (χ1v) is 7.63. The van der Waals surface area contributed by atoms with Crippen LogP contribution in [-0.2, 0) is 0 Å². The van der Waals surface area contributed by atoms with Crippen molar-refractivity contribution in [1.82, 2.24) is 9.88 Å². The highest BCUT2D eigenvalue weighted by Gasteiger charge is 2.11. The van der Waals surface area contributed by atoms with Crippen LogP contribution in [0.1, 0.15) is 20.3 Å². The third kappa shape index (κ3) is 4.82. The zero-order valence-electron chi connectivity index (χ0n) is 13.3. The maximum absolute atomic E-state index is 13.8. The summed E-state index contributed by atoms with van der Waals surface area (Å²) in [5.74, 6) is -0.367. The van der Waals surface area contributed by atoms with E-state index in [9.17, 15) is 14.3 Å². The largest absolute Gasteiger partial charge is 0.393 e. The van der Waals surface area contributed by atoms with Crippen molar-refractivity contribution in [3.8, 4) is 5.69 Å². The van der Waals surface area contributed by atoms with Gasteiger partial charge in [0, 0.05) is 24.6 Å². The molecule has 0 spiro atoms. The van der Waals surface area contributed by atoms with E-state index in [0.29, 0.717) is 13.0 Å².